The van der Waals surface area contributed by atoms with Gasteiger partial charge in [-0.3, -0.25) is 9.59 Å². The molecular formula is C27H32N6O2. The summed E-state index contributed by atoms with van der Waals surface area (Å²) in [7, 11) is 5.72. The zero-order valence-electron chi connectivity index (χ0n) is 20.7. The molecule has 2 amide bonds. The van der Waals surface area contributed by atoms with Crippen LogP contribution in [0.5, 0.6) is 0 Å². The highest BCUT2D eigenvalue weighted by molar-refractivity contribution is 6.05. The van der Waals surface area contributed by atoms with Crippen LogP contribution in [0.1, 0.15) is 22.8 Å². The van der Waals surface area contributed by atoms with Gasteiger partial charge in [0.05, 0.1) is 17.6 Å². The van der Waals surface area contributed by atoms with Crippen molar-refractivity contribution in [3.05, 3.63) is 78.0 Å². The molecule has 0 saturated carbocycles. The van der Waals surface area contributed by atoms with Gasteiger partial charge in [0.2, 0.25) is 5.91 Å². The van der Waals surface area contributed by atoms with E-state index in [0.29, 0.717) is 24.5 Å². The quantitative estimate of drug-likeness (QED) is 0.523. The maximum absolute atomic E-state index is 12.9. The number of carbonyl (C=O) groups excluding carboxylic acids is 2. The third kappa shape index (κ3) is 5.60. The summed E-state index contributed by atoms with van der Waals surface area (Å²) in [5.41, 5.74) is 4.17. The number of pyridine rings is 1. The molecule has 1 aromatic heterocycles. The van der Waals surface area contributed by atoms with E-state index in [4.69, 9.17) is 0 Å². The molecule has 0 bridgehead atoms. The molecule has 0 aliphatic carbocycles. The van der Waals surface area contributed by atoms with E-state index in [2.05, 4.69) is 32.7 Å². The summed E-state index contributed by atoms with van der Waals surface area (Å²) in [6, 6.07) is 19.1. The van der Waals surface area contributed by atoms with E-state index in [9.17, 15) is 9.59 Å². The summed E-state index contributed by atoms with van der Waals surface area (Å²) < 4.78 is 0. The Kier molecular flexibility index (Phi) is 7.31. The second-order valence-corrected chi connectivity index (χ2v) is 9.01. The Labute approximate surface area is 206 Å². The van der Waals surface area contributed by atoms with E-state index in [1.165, 1.54) is 0 Å². The molecule has 4 rings (SSSR count). The van der Waals surface area contributed by atoms with E-state index >= 15 is 0 Å². The van der Waals surface area contributed by atoms with Gasteiger partial charge in [-0.2, -0.15) is 0 Å². The molecule has 0 fully saturated rings. The molecule has 1 aliphatic heterocycles. The normalized spacial score (nSPS) is 15.2. The van der Waals surface area contributed by atoms with E-state index < -0.39 is 0 Å². The lowest BCUT2D eigenvalue weighted by atomic mass is 10.1. The number of anilines is 4. The van der Waals surface area contributed by atoms with Gasteiger partial charge in [0.25, 0.3) is 5.91 Å². The molecule has 0 radical (unpaired) electrons. The number of rotatable bonds is 8. The smallest absolute Gasteiger partial charge is 0.251 e. The number of hydrogen-bond donors (Lipinski definition) is 2. The van der Waals surface area contributed by atoms with Gasteiger partial charge in [-0.15, -0.1) is 0 Å². The minimum Gasteiger partial charge on any atom is -0.354 e. The first-order valence-corrected chi connectivity index (χ1v) is 11.7. The van der Waals surface area contributed by atoms with Crippen molar-refractivity contribution >= 4 is 34.7 Å². The summed E-state index contributed by atoms with van der Waals surface area (Å²) in [5, 5.41) is 6.26. The number of benzene rings is 2. The predicted octanol–water partition coefficient (Wildman–Crippen LogP) is 3.49. The fraction of sp³-hybridized carbons (Fsp3) is 0.296. The summed E-state index contributed by atoms with van der Waals surface area (Å²) in [4.78, 5) is 35.7. The van der Waals surface area contributed by atoms with Crippen LogP contribution in [0.3, 0.4) is 0 Å². The Balaban J connectivity index is 1.57. The molecule has 1 aliphatic rings. The Morgan fingerprint density at radius 2 is 1.83 bits per heavy atom. The van der Waals surface area contributed by atoms with Crippen LogP contribution in [0.2, 0.25) is 0 Å². The molecule has 0 saturated heterocycles. The van der Waals surface area contributed by atoms with Crippen molar-refractivity contribution in [1.29, 1.82) is 0 Å². The van der Waals surface area contributed by atoms with Gasteiger partial charge in [0, 0.05) is 44.0 Å². The van der Waals surface area contributed by atoms with Crippen molar-refractivity contribution < 1.29 is 9.59 Å². The van der Waals surface area contributed by atoms with Gasteiger partial charge < -0.3 is 25.3 Å². The first kappa shape index (κ1) is 24.2. The number of nitrogens with zero attached hydrogens (tertiary/aromatic N) is 4. The lowest BCUT2D eigenvalue weighted by molar-refractivity contribution is -0.119. The fourth-order valence-corrected chi connectivity index (χ4v) is 4.12. The standard InChI is InChI=1S/C27H32N6O2/c1-19-27(35)32(4)24-17-29-25(16-23(24)33(19)18-20-9-6-5-7-10-20)30-22-12-8-11-21(15-22)26(34)28-13-14-31(2)3/h5-12,15-17,19H,13-14,18H2,1-4H3,(H,28,34)(H,29,30). The van der Waals surface area contributed by atoms with Gasteiger partial charge >= 0.3 is 0 Å². The number of fused-ring (bicyclic) bond motifs is 1. The summed E-state index contributed by atoms with van der Waals surface area (Å²) in [6.07, 6.45) is 1.72. The zero-order valence-corrected chi connectivity index (χ0v) is 20.7. The molecule has 8 nitrogen and oxygen atoms in total. The Morgan fingerprint density at radius 1 is 1.06 bits per heavy atom. The molecule has 2 heterocycles. The largest absolute Gasteiger partial charge is 0.354 e. The summed E-state index contributed by atoms with van der Waals surface area (Å²) in [6.45, 7) is 3.90. The number of carbonyl (C=O) groups is 2. The van der Waals surface area contributed by atoms with Crippen LogP contribution in [0.25, 0.3) is 0 Å². The van der Waals surface area contributed by atoms with E-state index in [1.807, 2.05) is 68.4 Å². The number of hydrogen-bond acceptors (Lipinski definition) is 6. The number of likely N-dealkylation sites (N-methyl/N-ethyl adjacent to an activating group) is 2. The maximum atomic E-state index is 12.9. The van der Waals surface area contributed by atoms with E-state index in [-0.39, 0.29) is 17.9 Å². The molecule has 0 spiro atoms. The van der Waals surface area contributed by atoms with Crippen molar-refractivity contribution in [1.82, 2.24) is 15.2 Å². The molecule has 8 heteroatoms. The van der Waals surface area contributed by atoms with Crippen LogP contribution in [0.15, 0.2) is 66.9 Å². The van der Waals surface area contributed by atoms with Crippen molar-refractivity contribution in [2.75, 3.05) is 49.3 Å². The minimum absolute atomic E-state index is 0.0314. The average molecular weight is 473 g/mol. The predicted molar refractivity (Wildman–Crippen MR) is 140 cm³/mol. The topological polar surface area (TPSA) is 80.8 Å². The van der Waals surface area contributed by atoms with Crippen LogP contribution in [0, 0.1) is 0 Å². The average Bonchev–Trinajstić information content (AvgIpc) is 2.86. The molecule has 2 N–H and O–H groups in total. The molecule has 3 aromatic rings. The van der Waals surface area contributed by atoms with Gasteiger partial charge in [0.1, 0.15) is 11.9 Å². The summed E-state index contributed by atoms with van der Waals surface area (Å²) in [5.74, 6) is 0.558. The monoisotopic (exact) mass is 472 g/mol. The van der Waals surface area contributed by atoms with E-state index in [1.54, 1.807) is 24.2 Å². The van der Waals surface area contributed by atoms with Crippen molar-refractivity contribution in [3.8, 4) is 0 Å². The number of amides is 2. The highest BCUT2D eigenvalue weighted by Gasteiger charge is 2.34. The molecule has 35 heavy (non-hydrogen) atoms. The van der Waals surface area contributed by atoms with Crippen molar-refractivity contribution in [2.24, 2.45) is 0 Å². The van der Waals surface area contributed by atoms with Gasteiger partial charge in [-0.25, -0.2) is 4.98 Å². The highest BCUT2D eigenvalue weighted by Crippen LogP contribution is 2.37. The Bertz CT molecular complexity index is 1200. The molecular weight excluding hydrogens is 440 g/mol. The van der Waals surface area contributed by atoms with Gasteiger partial charge in [-0.1, -0.05) is 36.4 Å². The minimum atomic E-state index is -0.308. The fourth-order valence-electron chi connectivity index (χ4n) is 4.12. The van der Waals surface area contributed by atoms with Gasteiger partial charge in [0.15, 0.2) is 0 Å². The number of nitrogens with one attached hydrogen (secondary N) is 2. The van der Waals surface area contributed by atoms with Gasteiger partial charge in [-0.05, 0) is 44.8 Å². The third-order valence-electron chi connectivity index (χ3n) is 6.13. The van der Waals surface area contributed by atoms with Crippen molar-refractivity contribution in [3.63, 3.8) is 0 Å². The second kappa shape index (κ2) is 10.6. The Hall–Kier alpha value is -3.91. The first-order chi connectivity index (χ1) is 16.8. The molecule has 1 unspecified atom stereocenters. The van der Waals surface area contributed by atoms with Crippen LogP contribution in [0.4, 0.5) is 22.9 Å². The zero-order chi connectivity index (χ0) is 24.9. The molecule has 182 valence electrons. The number of aromatic nitrogens is 1. The maximum Gasteiger partial charge on any atom is 0.251 e. The van der Waals surface area contributed by atoms with Crippen LogP contribution in [-0.2, 0) is 11.3 Å². The SMILES string of the molecule is CC1C(=O)N(C)c2cnc(Nc3cccc(C(=O)NCCN(C)C)c3)cc2N1Cc1ccccc1. The lowest BCUT2D eigenvalue weighted by Crippen LogP contribution is -2.50. The molecule has 1 atom stereocenters. The first-order valence-electron chi connectivity index (χ1n) is 11.7. The third-order valence-corrected chi connectivity index (χ3v) is 6.13. The lowest BCUT2D eigenvalue weighted by Gasteiger charge is -2.40. The van der Waals surface area contributed by atoms with Crippen LogP contribution in [-0.4, -0.2) is 62.0 Å². The Morgan fingerprint density at radius 3 is 2.57 bits per heavy atom. The molecule has 2 aromatic carbocycles. The van der Waals surface area contributed by atoms with E-state index in [0.717, 1.165) is 29.2 Å². The van der Waals surface area contributed by atoms with Crippen LogP contribution >= 0.6 is 0 Å². The summed E-state index contributed by atoms with van der Waals surface area (Å²) >= 11 is 0. The van der Waals surface area contributed by atoms with Crippen LogP contribution < -0.4 is 20.4 Å². The second-order valence-electron chi connectivity index (χ2n) is 9.01. The highest BCUT2D eigenvalue weighted by atomic mass is 16.2. The van der Waals surface area contributed by atoms with Crippen molar-refractivity contribution in [2.45, 2.75) is 19.5 Å².